The molecule has 0 radical (unpaired) electrons. The van der Waals surface area contributed by atoms with Crippen molar-refractivity contribution < 1.29 is 14.1 Å². The van der Waals surface area contributed by atoms with Gasteiger partial charge in [-0.25, -0.2) is 0 Å². The highest BCUT2D eigenvalue weighted by Gasteiger charge is 2.51. The molecule has 6 heteroatoms. The van der Waals surface area contributed by atoms with Crippen molar-refractivity contribution in [2.75, 3.05) is 5.32 Å². The summed E-state index contributed by atoms with van der Waals surface area (Å²) in [4.78, 5) is 12.4. The van der Waals surface area contributed by atoms with Gasteiger partial charge in [-0.05, 0) is 69.6 Å². The maximum absolute atomic E-state index is 12.4. The molecule has 3 rings (SSSR count). The first-order valence-electron chi connectivity index (χ1n) is 8.20. The smallest absolute Gasteiger partial charge is 0.399 e. The fourth-order valence-corrected chi connectivity index (χ4v) is 2.77. The van der Waals surface area contributed by atoms with Crippen molar-refractivity contribution >= 4 is 40.1 Å². The van der Waals surface area contributed by atoms with E-state index in [1.165, 1.54) is 0 Å². The average molecular weight is 402 g/mol. The molecule has 1 N–H and O–H groups in total. The van der Waals surface area contributed by atoms with Crippen LogP contribution in [0.2, 0.25) is 0 Å². The average Bonchev–Trinajstić information content (AvgIpc) is 2.78. The van der Waals surface area contributed by atoms with Gasteiger partial charge in [0.2, 0.25) is 0 Å². The molecule has 1 aliphatic rings. The van der Waals surface area contributed by atoms with E-state index in [9.17, 15) is 4.79 Å². The predicted molar refractivity (Wildman–Crippen MR) is 104 cm³/mol. The van der Waals surface area contributed by atoms with Crippen molar-refractivity contribution in [1.29, 1.82) is 0 Å². The molecule has 1 heterocycles. The van der Waals surface area contributed by atoms with Crippen LogP contribution in [0.1, 0.15) is 38.1 Å². The molecule has 0 aromatic heterocycles. The number of amides is 1. The molecule has 1 fully saturated rings. The number of carbonyl (C=O) groups is 1. The zero-order chi connectivity index (χ0) is 18.2. The minimum atomic E-state index is -0.423. The zero-order valence-corrected chi connectivity index (χ0v) is 16.4. The molecular formula is C19H21BBrNO3. The molecule has 0 aliphatic carbocycles. The fraction of sp³-hybridized carbons (Fsp3) is 0.316. The number of hydrogen-bond donors (Lipinski definition) is 1. The molecule has 0 unspecified atom stereocenters. The Bertz CT molecular complexity index is 756. The van der Waals surface area contributed by atoms with Gasteiger partial charge in [-0.15, -0.1) is 0 Å². The summed E-state index contributed by atoms with van der Waals surface area (Å²) in [6, 6.07) is 14.8. The highest BCUT2D eigenvalue weighted by molar-refractivity contribution is 9.10. The summed E-state index contributed by atoms with van der Waals surface area (Å²) in [6.07, 6.45) is 0. The molecule has 1 aliphatic heterocycles. The summed E-state index contributed by atoms with van der Waals surface area (Å²) >= 11 is 3.38. The maximum Gasteiger partial charge on any atom is 0.494 e. The summed E-state index contributed by atoms with van der Waals surface area (Å²) in [6.45, 7) is 8.08. The SMILES string of the molecule is CC1(C)OB(c2ccc(C(=O)Nc3ccc(Br)cc3)cc2)OC1(C)C. The molecule has 25 heavy (non-hydrogen) atoms. The van der Waals surface area contributed by atoms with E-state index in [2.05, 4.69) is 21.2 Å². The van der Waals surface area contributed by atoms with Crippen LogP contribution in [0, 0.1) is 0 Å². The molecule has 4 nitrogen and oxygen atoms in total. The topological polar surface area (TPSA) is 47.6 Å². The van der Waals surface area contributed by atoms with Crippen LogP contribution in [-0.4, -0.2) is 24.2 Å². The van der Waals surface area contributed by atoms with Crippen molar-refractivity contribution in [3.63, 3.8) is 0 Å². The molecule has 0 saturated carbocycles. The Balaban J connectivity index is 1.70. The molecule has 1 amide bonds. The molecule has 0 bridgehead atoms. The fourth-order valence-electron chi connectivity index (χ4n) is 2.51. The Kier molecular flexibility index (Phi) is 4.79. The summed E-state index contributed by atoms with van der Waals surface area (Å²) in [5.41, 5.74) is 1.48. The quantitative estimate of drug-likeness (QED) is 0.790. The summed E-state index contributed by atoms with van der Waals surface area (Å²) in [5, 5.41) is 2.88. The minimum Gasteiger partial charge on any atom is -0.399 e. The van der Waals surface area contributed by atoms with E-state index >= 15 is 0 Å². The Morgan fingerprint density at radius 2 is 1.44 bits per heavy atom. The predicted octanol–water partition coefficient (Wildman–Crippen LogP) is 4.00. The van der Waals surface area contributed by atoms with E-state index in [0.717, 1.165) is 15.6 Å². The number of anilines is 1. The Morgan fingerprint density at radius 1 is 0.920 bits per heavy atom. The van der Waals surface area contributed by atoms with Crippen LogP contribution >= 0.6 is 15.9 Å². The maximum atomic E-state index is 12.4. The van der Waals surface area contributed by atoms with Crippen molar-refractivity contribution in [1.82, 2.24) is 0 Å². The second-order valence-corrected chi connectivity index (χ2v) is 8.09. The van der Waals surface area contributed by atoms with Crippen LogP contribution in [0.5, 0.6) is 0 Å². The van der Waals surface area contributed by atoms with Gasteiger partial charge < -0.3 is 14.6 Å². The van der Waals surface area contributed by atoms with E-state index in [4.69, 9.17) is 9.31 Å². The monoisotopic (exact) mass is 401 g/mol. The van der Waals surface area contributed by atoms with Crippen LogP contribution < -0.4 is 10.8 Å². The van der Waals surface area contributed by atoms with Gasteiger partial charge in [-0.2, -0.15) is 0 Å². The molecule has 1 saturated heterocycles. The second-order valence-electron chi connectivity index (χ2n) is 7.17. The lowest BCUT2D eigenvalue weighted by molar-refractivity contribution is 0.00578. The number of nitrogens with one attached hydrogen (secondary N) is 1. The van der Waals surface area contributed by atoms with Gasteiger partial charge in [0.25, 0.3) is 5.91 Å². The van der Waals surface area contributed by atoms with E-state index < -0.39 is 7.12 Å². The molecule has 0 spiro atoms. The molecule has 0 atom stereocenters. The van der Waals surface area contributed by atoms with E-state index in [0.29, 0.717) is 5.56 Å². The first kappa shape index (κ1) is 18.2. The van der Waals surface area contributed by atoms with Gasteiger partial charge in [-0.3, -0.25) is 4.79 Å². The largest absolute Gasteiger partial charge is 0.494 e. The number of rotatable bonds is 3. The lowest BCUT2D eigenvalue weighted by Crippen LogP contribution is -2.41. The summed E-state index contributed by atoms with van der Waals surface area (Å²) in [5.74, 6) is -0.150. The third kappa shape index (κ3) is 3.81. The zero-order valence-electron chi connectivity index (χ0n) is 14.8. The third-order valence-corrected chi connectivity index (χ3v) is 5.33. The molecule has 2 aromatic rings. The Morgan fingerprint density at radius 3 is 1.96 bits per heavy atom. The van der Waals surface area contributed by atoms with Gasteiger partial charge in [0.05, 0.1) is 11.2 Å². The van der Waals surface area contributed by atoms with Crippen LogP contribution in [0.4, 0.5) is 5.69 Å². The number of halogens is 1. The standard InChI is InChI=1S/C19H21BBrNO3/c1-18(2)19(3,4)25-20(24-18)14-7-5-13(6-8-14)17(23)22-16-11-9-15(21)10-12-16/h5-12H,1-4H3,(H,22,23). The van der Waals surface area contributed by atoms with Gasteiger partial charge >= 0.3 is 7.12 Å². The van der Waals surface area contributed by atoms with Crippen LogP contribution in [-0.2, 0) is 9.31 Å². The Hall–Kier alpha value is -1.63. The number of hydrogen-bond acceptors (Lipinski definition) is 3. The van der Waals surface area contributed by atoms with Crippen LogP contribution in [0.3, 0.4) is 0 Å². The minimum absolute atomic E-state index is 0.150. The number of benzene rings is 2. The normalized spacial score (nSPS) is 18.2. The van der Waals surface area contributed by atoms with Crippen molar-refractivity contribution in [2.45, 2.75) is 38.9 Å². The van der Waals surface area contributed by atoms with E-state index in [1.807, 2.05) is 64.1 Å². The third-order valence-electron chi connectivity index (χ3n) is 4.80. The van der Waals surface area contributed by atoms with E-state index in [1.54, 1.807) is 12.1 Å². The lowest BCUT2D eigenvalue weighted by atomic mass is 9.79. The number of carbonyl (C=O) groups excluding carboxylic acids is 1. The van der Waals surface area contributed by atoms with Gasteiger partial charge in [0, 0.05) is 15.7 Å². The van der Waals surface area contributed by atoms with Crippen molar-refractivity contribution in [3.05, 3.63) is 58.6 Å². The summed E-state index contributed by atoms with van der Waals surface area (Å²) in [7, 11) is -0.423. The van der Waals surface area contributed by atoms with E-state index in [-0.39, 0.29) is 17.1 Å². The van der Waals surface area contributed by atoms with Gasteiger partial charge in [0.15, 0.2) is 0 Å². The first-order valence-corrected chi connectivity index (χ1v) is 9.00. The molecular weight excluding hydrogens is 381 g/mol. The lowest BCUT2D eigenvalue weighted by Gasteiger charge is -2.32. The molecule has 130 valence electrons. The van der Waals surface area contributed by atoms with Crippen molar-refractivity contribution in [2.24, 2.45) is 0 Å². The highest BCUT2D eigenvalue weighted by atomic mass is 79.9. The second kappa shape index (κ2) is 6.59. The van der Waals surface area contributed by atoms with Gasteiger partial charge in [0.1, 0.15) is 0 Å². The first-order chi connectivity index (χ1) is 11.7. The Labute approximate surface area is 157 Å². The molecule has 2 aromatic carbocycles. The van der Waals surface area contributed by atoms with Crippen molar-refractivity contribution in [3.8, 4) is 0 Å². The van der Waals surface area contributed by atoms with Crippen LogP contribution in [0.25, 0.3) is 0 Å². The highest BCUT2D eigenvalue weighted by Crippen LogP contribution is 2.36. The van der Waals surface area contributed by atoms with Gasteiger partial charge in [-0.1, -0.05) is 28.1 Å². The summed E-state index contributed by atoms with van der Waals surface area (Å²) < 4.78 is 13.0. The van der Waals surface area contributed by atoms with Crippen LogP contribution in [0.15, 0.2) is 53.0 Å².